The first-order valence-electron chi connectivity index (χ1n) is 12.7. The number of aromatic nitrogens is 5. The van der Waals surface area contributed by atoms with Gasteiger partial charge >= 0.3 is 5.69 Å². The molecule has 1 saturated carbocycles. The number of carbonyl (C=O) groups is 1. The van der Waals surface area contributed by atoms with Gasteiger partial charge in [0.1, 0.15) is 23.1 Å². The number of nitrogens with one attached hydrogen (secondary N) is 1. The predicted molar refractivity (Wildman–Crippen MR) is 132 cm³/mol. The van der Waals surface area contributed by atoms with Crippen molar-refractivity contribution in [2.75, 3.05) is 5.32 Å². The molecule has 5 rings (SSSR count). The zero-order chi connectivity index (χ0) is 25.2. The second-order valence-corrected chi connectivity index (χ2v) is 9.76. The number of amides is 1. The summed E-state index contributed by atoms with van der Waals surface area (Å²) in [4.78, 5) is 26.3. The van der Waals surface area contributed by atoms with Crippen LogP contribution in [0.5, 0.6) is 5.75 Å². The normalized spacial score (nSPS) is 16.9. The molecule has 190 valence electrons. The number of aryl methyl sites for hydroxylation is 2. The van der Waals surface area contributed by atoms with Gasteiger partial charge in [0.05, 0.1) is 17.9 Å². The zero-order valence-electron chi connectivity index (χ0n) is 20.7. The van der Waals surface area contributed by atoms with Crippen molar-refractivity contribution in [3.63, 3.8) is 0 Å². The smallest absolute Gasteiger partial charge is 0.350 e. The molecule has 2 aliphatic rings. The molecule has 1 aliphatic carbocycles. The van der Waals surface area contributed by atoms with Crippen molar-refractivity contribution in [3.05, 3.63) is 57.6 Å². The molecule has 1 fully saturated rings. The number of ether oxygens (including phenoxy) is 1. The number of rotatable bonds is 6. The largest absolute Gasteiger partial charge is 0.490 e. The molecule has 3 heterocycles. The first-order chi connectivity index (χ1) is 17.4. The van der Waals surface area contributed by atoms with E-state index in [9.17, 15) is 9.59 Å². The Morgan fingerprint density at radius 1 is 1.19 bits per heavy atom. The van der Waals surface area contributed by atoms with Crippen molar-refractivity contribution in [2.45, 2.75) is 77.9 Å². The number of anilines is 1. The Balaban J connectivity index is 1.54. The molecule has 3 aromatic rings. The lowest BCUT2D eigenvalue weighted by Crippen LogP contribution is -2.28. The zero-order valence-corrected chi connectivity index (χ0v) is 20.7. The van der Waals surface area contributed by atoms with Gasteiger partial charge in [-0.05, 0) is 63.1 Å². The van der Waals surface area contributed by atoms with Crippen molar-refractivity contribution in [1.82, 2.24) is 24.5 Å². The topological polar surface area (TPSA) is 104 Å². The lowest BCUT2D eigenvalue weighted by Gasteiger charge is -2.29. The molecule has 0 unspecified atom stereocenters. The summed E-state index contributed by atoms with van der Waals surface area (Å²) in [5.41, 5.74) is 0.340. The molecular weight excluding hydrogens is 463 g/mol. The molecule has 2 aromatic heterocycles. The van der Waals surface area contributed by atoms with Gasteiger partial charge in [-0.1, -0.05) is 19.3 Å². The van der Waals surface area contributed by atoms with Gasteiger partial charge in [-0.3, -0.25) is 9.36 Å². The second kappa shape index (κ2) is 10.2. The van der Waals surface area contributed by atoms with Crippen LogP contribution in [0.25, 0.3) is 5.69 Å². The Labute approximate surface area is 208 Å². The molecule has 36 heavy (non-hydrogen) atoms. The minimum Gasteiger partial charge on any atom is -0.490 e. The molecule has 1 aromatic carbocycles. The molecular formula is C26H31FN6O3. The summed E-state index contributed by atoms with van der Waals surface area (Å²) in [6.45, 7) is 4.34. The summed E-state index contributed by atoms with van der Waals surface area (Å²) in [5.74, 6) is 0.187. The lowest BCUT2D eigenvalue weighted by molar-refractivity contribution is 0.0996. The Hall–Kier alpha value is -3.56. The lowest BCUT2D eigenvalue weighted by atomic mass is 9.86. The van der Waals surface area contributed by atoms with Gasteiger partial charge in [0.2, 0.25) is 0 Å². The van der Waals surface area contributed by atoms with Crippen molar-refractivity contribution in [2.24, 2.45) is 5.92 Å². The molecule has 9 nitrogen and oxygen atoms in total. The molecule has 0 spiro atoms. The molecule has 0 radical (unpaired) electrons. The van der Waals surface area contributed by atoms with Gasteiger partial charge in [-0.2, -0.15) is 9.78 Å². The highest BCUT2D eigenvalue weighted by Crippen LogP contribution is 2.32. The molecule has 1 amide bonds. The monoisotopic (exact) mass is 494 g/mol. The quantitative estimate of drug-likeness (QED) is 0.551. The summed E-state index contributed by atoms with van der Waals surface area (Å²) in [5, 5.41) is 14.9. The number of hydrogen-bond donors (Lipinski definition) is 1. The van der Waals surface area contributed by atoms with E-state index < -0.39 is 11.7 Å². The van der Waals surface area contributed by atoms with Gasteiger partial charge in [0.25, 0.3) is 5.91 Å². The van der Waals surface area contributed by atoms with E-state index in [0.29, 0.717) is 24.7 Å². The van der Waals surface area contributed by atoms with Gasteiger partial charge in [-0.15, -0.1) is 10.2 Å². The van der Waals surface area contributed by atoms with Crippen LogP contribution in [0.4, 0.5) is 10.2 Å². The third-order valence-corrected chi connectivity index (χ3v) is 7.27. The maximum absolute atomic E-state index is 15.5. The van der Waals surface area contributed by atoms with E-state index in [2.05, 4.69) is 20.6 Å². The highest BCUT2D eigenvalue weighted by molar-refractivity contribution is 6.06. The Bertz CT molecular complexity index is 1330. The van der Waals surface area contributed by atoms with Crippen LogP contribution in [0.2, 0.25) is 0 Å². The average molecular weight is 495 g/mol. The first kappa shape index (κ1) is 24.1. The third kappa shape index (κ3) is 4.76. The Kier molecular flexibility index (Phi) is 6.84. The molecule has 10 heteroatoms. The predicted octanol–water partition coefficient (Wildman–Crippen LogP) is 4.21. The van der Waals surface area contributed by atoms with E-state index in [4.69, 9.17) is 4.74 Å². The second-order valence-electron chi connectivity index (χ2n) is 9.76. The van der Waals surface area contributed by atoms with Crippen molar-refractivity contribution < 1.29 is 13.9 Å². The van der Waals surface area contributed by atoms with Crippen LogP contribution >= 0.6 is 0 Å². The third-order valence-electron chi connectivity index (χ3n) is 7.27. The number of nitrogens with zero attached hydrogens (tertiary/aromatic N) is 5. The van der Waals surface area contributed by atoms with Crippen molar-refractivity contribution in [1.29, 1.82) is 0 Å². The maximum Gasteiger partial charge on any atom is 0.350 e. The van der Waals surface area contributed by atoms with E-state index in [1.807, 2.05) is 6.92 Å². The summed E-state index contributed by atoms with van der Waals surface area (Å²) in [6, 6.07) is 4.26. The van der Waals surface area contributed by atoms with Crippen LogP contribution in [0.3, 0.4) is 0 Å². The van der Waals surface area contributed by atoms with E-state index in [1.165, 1.54) is 18.7 Å². The molecule has 1 aliphatic heterocycles. The van der Waals surface area contributed by atoms with Crippen molar-refractivity contribution in [3.8, 4) is 11.4 Å². The number of fused-ring (bicyclic) bond motifs is 1. The highest BCUT2D eigenvalue weighted by Gasteiger charge is 2.27. The highest BCUT2D eigenvalue weighted by atomic mass is 19.1. The van der Waals surface area contributed by atoms with E-state index in [0.717, 1.165) is 54.8 Å². The van der Waals surface area contributed by atoms with Gasteiger partial charge < -0.3 is 10.1 Å². The number of hydrogen-bond acceptors (Lipinski definition) is 6. The Morgan fingerprint density at radius 2 is 2.00 bits per heavy atom. The fraction of sp³-hybridized carbons (Fsp3) is 0.500. The summed E-state index contributed by atoms with van der Waals surface area (Å²) < 4.78 is 24.5. The first-order valence-corrected chi connectivity index (χ1v) is 12.7. The van der Waals surface area contributed by atoms with E-state index >= 15 is 4.39 Å². The van der Waals surface area contributed by atoms with Crippen LogP contribution < -0.4 is 15.7 Å². The number of halogens is 1. The molecule has 0 saturated heterocycles. The van der Waals surface area contributed by atoms with E-state index in [-0.39, 0.29) is 34.6 Å². The Morgan fingerprint density at radius 3 is 2.75 bits per heavy atom. The van der Waals surface area contributed by atoms with Crippen LogP contribution in [0, 0.1) is 18.7 Å². The summed E-state index contributed by atoms with van der Waals surface area (Å²) >= 11 is 0. The minimum absolute atomic E-state index is 0.0278. The number of benzene rings is 1. The van der Waals surface area contributed by atoms with Crippen LogP contribution in [0.1, 0.15) is 73.6 Å². The summed E-state index contributed by atoms with van der Waals surface area (Å²) in [7, 11) is 0. The van der Waals surface area contributed by atoms with Gasteiger partial charge in [-0.25, -0.2) is 9.18 Å². The fourth-order valence-corrected chi connectivity index (χ4v) is 5.13. The van der Waals surface area contributed by atoms with Crippen LogP contribution in [-0.4, -0.2) is 36.6 Å². The number of carbonyl (C=O) groups excluding carboxylic acids is 1. The van der Waals surface area contributed by atoms with Crippen LogP contribution in [0.15, 0.2) is 29.2 Å². The van der Waals surface area contributed by atoms with Gasteiger partial charge in [0.15, 0.2) is 5.82 Å². The van der Waals surface area contributed by atoms with Gasteiger partial charge in [0, 0.05) is 19.0 Å². The maximum atomic E-state index is 15.5. The SMILES string of the molecule is Cc1ccnnc1NC(=O)c1cc(F)c(-n2nc3n(c2=O)CCCC3)cc1O[C@@H](C)C1CCCCC1. The molecule has 1 N–H and O–H groups in total. The summed E-state index contributed by atoms with van der Waals surface area (Å²) in [6.07, 6.45) is 9.42. The van der Waals surface area contributed by atoms with E-state index in [1.54, 1.807) is 17.6 Å². The van der Waals surface area contributed by atoms with Crippen LogP contribution in [-0.2, 0) is 13.0 Å². The average Bonchev–Trinajstić information content (AvgIpc) is 3.23. The minimum atomic E-state index is -0.730. The van der Waals surface area contributed by atoms with Crippen molar-refractivity contribution >= 4 is 11.7 Å². The fourth-order valence-electron chi connectivity index (χ4n) is 5.13. The molecule has 0 bridgehead atoms. The standard InChI is InChI=1S/C26H31FN6O3/c1-16-11-12-28-30-24(16)29-25(34)19-14-20(27)21(33-26(35)32-13-7-6-10-23(32)31-33)15-22(19)36-17(2)18-8-4-3-5-9-18/h11-12,14-15,17-18H,3-10,13H2,1-2H3,(H,29,30,34)/t17-/m0/s1. The molecule has 1 atom stereocenters.